The summed E-state index contributed by atoms with van der Waals surface area (Å²) in [4.78, 5) is 29.1. The maximum atomic E-state index is 13.5. The van der Waals surface area contributed by atoms with E-state index in [0.717, 1.165) is 21.4 Å². The van der Waals surface area contributed by atoms with Crippen molar-refractivity contribution in [2.75, 3.05) is 61.6 Å². The molecular formula is C29H39N5O7S. The second-order valence-corrected chi connectivity index (χ2v) is 11.4. The van der Waals surface area contributed by atoms with Crippen LogP contribution < -0.4 is 24.8 Å². The van der Waals surface area contributed by atoms with Crippen LogP contribution in [-0.4, -0.2) is 95.0 Å². The van der Waals surface area contributed by atoms with Gasteiger partial charge in [0, 0.05) is 49.9 Å². The third-order valence-electron chi connectivity index (χ3n) is 6.75. The van der Waals surface area contributed by atoms with E-state index in [1.165, 1.54) is 59.8 Å². The fourth-order valence-electron chi connectivity index (χ4n) is 4.34. The molecule has 0 fully saturated rings. The van der Waals surface area contributed by atoms with Crippen LogP contribution in [0.2, 0.25) is 0 Å². The third-order valence-corrected chi connectivity index (χ3v) is 8.47. The molecule has 0 saturated heterocycles. The quantitative estimate of drug-likeness (QED) is 0.270. The SMILES string of the molecule is CCN(CC)CCNC(=O)/C(=C/c1cn(S(=O)(=O)N(C)C)c2ccccc12)NC(=O)c1cc(OC)c(OC)c(OC)c1. The summed E-state index contributed by atoms with van der Waals surface area (Å²) < 4.78 is 44.4. The number of methoxy groups -OCH3 is 3. The highest BCUT2D eigenvalue weighted by molar-refractivity contribution is 7.87. The molecule has 0 atom stereocenters. The number of para-hydroxylation sites is 1. The maximum absolute atomic E-state index is 13.5. The van der Waals surface area contributed by atoms with E-state index in [9.17, 15) is 18.0 Å². The van der Waals surface area contributed by atoms with Gasteiger partial charge in [-0.05, 0) is 37.4 Å². The highest BCUT2D eigenvalue weighted by Gasteiger charge is 2.23. The number of fused-ring (bicyclic) bond motifs is 1. The summed E-state index contributed by atoms with van der Waals surface area (Å²) in [7, 11) is 3.33. The molecule has 2 aromatic carbocycles. The summed E-state index contributed by atoms with van der Waals surface area (Å²) in [6.07, 6.45) is 2.89. The van der Waals surface area contributed by atoms with Gasteiger partial charge in [0.15, 0.2) is 11.5 Å². The summed E-state index contributed by atoms with van der Waals surface area (Å²) in [6.45, 7) is 6.68. The zero-order chi connectivity index (χ0) is 31.0. The normalized spacial score (nSPS) is 12.1. The summed E-state index contributed by atoms with van der Waals surface area (Å²) in [5.74, 6) is -0.281. The first kappa shape index (κ1) is 32.4. The van der Waals surface area contributed by atoms with Crippen LogP contribution in [0.4, 0.5) is 0 Å². The second-order valence-electron chi connectivity index (χ2n) is 9.40. The molecule has 13 heteroatoms. The van der Waals surface area contributed by atoms with E-state index in [1.54, 1.807) is 24.3 Å². The molecule has 0 aliphatic heterocycles. The average molecular weight is 602 g/mol. The molecule has 0 saturated carbocycles. The van der Waals surface area contributed by atoms with Crippen LogP contribution in [-0.2, 0) is 15.0 Å². The van der Waals surface area contributed by atoms with E-state index in [2.05, 4.69) is 15.5 Å². The van der Waals surface area contributed by atoms with Gasteiger partial charge >= 0.3 is 10.2 Å². The molecule has 1 heterocycles. The number of hydrogen-bond donors (Lipinski definition) is 2. The van der Waals surface area contributed by atoms with Gasteiger partial charge in [0.05, 0.1) is 26.8 Å². The standard InChI is InChI=1S/C29H39N5O7S/c1-8-33(9-2)15-14-30-29(36)23(31-28(35)20-17-25(39-5)27(41-7)26(18-20)40-6)16-21-19-34(42(37,38)32(3)4)24-13-11-10-12-22(21)24/h10-13,16-19H,8-9,14-15H2,1-7H3,(H,30,36)(H,31,35)/b23-16-. The minimum absolute atomic E-state index is 0.0709. The number of benzene rings is 2. The maximum Gasteiger partial charge on any atom is 0.307 e. The van der Waals surface area contributed by atoms with E-state index in [1.807, 2.05) is 13.8 Å². The average Bonchev–Trinajstić information content (AvgIpc) is 3.36. The molecular weight excluding hydrogens is 562 g/mol. The number of rotatable bonds is 14. The molecule has 228 valence electrons. The van der Waals surface area contributed by atoms with Crippen molar-refractivity contribution >= 4 is 39.0 Å². The first-order valence-electron chi connectivity index (χ1n) is 13.4. The Morgan fingerprint density at radius 3 is 2.14 bits per heavy atom. The van der Waals surface area contributed by atoms with Crippen molar-refractivity contribution in [1.29, 1.82) is 0 Å². The molecule has 3 rings (SSSR count). The number of ether oxygens (including phenoxy) is 3. The highest BCUT2D eigenvalue weighted by Crippen LogP contribution is 2.38. The highest BCUT2D eigenvalue weighted by atomic mass is 32.2. The zero-order valence-corrected chi connectivity index (χ0v) is 25.9. The number of amides is 2. The zero-order valence-electron chi connectivity index (χ0n) is 25.1. The van der Waals surface area contributed by atoms with Crippen molar-refractivity contribution in [1.82, 2.24) is 23.8 Å². The Morgan fingerprint density at radius 1 is 0.976 bits per heavy atom. The van der Waals surface area contributed by atoms with Crippen molar-refractivity contribution < 1.29 is 32.2 Å². The van der Waals surface area contributed by atoms with E-state index in [0.29, 0.717) is 35.3 Å². The third kappa shape index (κ3) is 7.04. The molecule has 0 aliphatic rings. The van der Waals surface area contributed by atoms with Crippen LogP contribution in [0.5, 0.6) is 17.2 Å². The van der Waals surface area contributed by atoms with Crippen LogP contribution in [0.25, 0.3) is 17.0 Å². The van der Waals surface area contributed by atoms with Gasteiger partial charge in [0.2, 0.25) is 5.75 Å². The molecule has 0 bridgehead atoms. The van der Waals surface area contributed by atoms with Gasteiger partial charge in [-0.1, -0.05) is 32.0 Å². The van der Waals surface area contributed by atoms with Crippen molar-refractivity contribution in [3.8, 4) is 17.2 Å². The largest absolute Gasteiger partial charge is 0.493 e. The Kier molecular flexibility index (Phi) is 11.0. The molecule has 3 aromatic rings. The molecule has 0 unspecified atom stereocenters. The Morgan fingerprint density at radius 2 is 1.60 bits per heavy atom. The molecule has 12 nitrogen and oxygen atoms in total. The predicted octanol–water partition coefficient (Wildman–Crippen LogP) is 2.55. The number of aromatic nitrogens is 1. The van der Waals surface area contributed by atoms with Crippen LogP contribution in [0, 0.1) is 0 Å². The van der Waals surface area contributed by atoms with Crippen LogP contribution in [0.15, 0.2) is 48.3 Å². The van der Waals surface area contributed by atoms with Crippen LogP contribution >= 0.6 is 0 Å². The van der Waals surface area contributed by atoms with Gasteiger partial charge in [-0.25, -0.2) is 3.97 Å². The molecule has 1 aromatic heterocycles. The summed E-state index contributed by atoms with van der Waals surface area (Å²) >= 11 is 0. The number of nitrogens with zero attached hydrogens (tertiary/aromatic N) is 3. The number of nitrogens with one attached hydrogen (secondary N) is 2. The van der Waals surface area contributed by atoms with Gasteiger partial charge < -0.3 is 29.7 Å². The van der Waals surface area contributed by atoms with Gasteiger partial charge in [-0.2, -0.15) is 12.7 Å². The number of carbonyl (C=O) groups is 2. The van der Waals surface area contributed by atoms with Crippen molar-refractivity contribution in [2.24, 2.45) is 0 Å². The lowest BCUT2D eigenvalue weighted by molar-refractivity contribution is -0.117. The Bertz CT molecular complexity index is 1530. The first-order valence-corrected chi connectivity index (χ1v) is 14.8. The van der Waals surface area contributed by atoms with Crippen molar-refractivity contribution in [3.05, 3.63) is 59.4 Å². The van der Waals surface area contributed by atoms with E-state index < -0.39 is 22.0 Å². The number of hydrogen-bond acceptors (Lipinski definition) is 8. The Hall–Kier alpha value is -4.07. The number of likely N-dealkylation sites (N-methyl/N-ethyl adjacent to an activating group) is 1. The van der Waals surface area contributed by atoms with Crippen LogP contribution in [0.1, 0.15) is 29.8 Å². The second kappa shape index (κ2) is 14.2. The molecule has 2 N–H and O–H groups in total. The molecule has 42 heavy (non-hydrogen) atoms. The van der Waals surface area contributed by atoms with E-state index >= 15 is 0 Å². The van der Waals surface area contributed by atoms with Gasteiger partial charge in [-0.15, -0.1) is 0 Å². The lowest BCUT2D eigenvalue weighted by atomic mass is 10.1. The van der Waals surface area contributed by atoms with Gasteiger partial charge in [-0.3, -0.25) is 9.59 Å². The molecule has 0 aliphatic carbocycles. The summed E-state index contributed by atoms with van der Waals surface area (Å²) in [5, 5.41) is 6.14. The lowest BCUT2D eigenvalue weighted by Gasteiger charge is -2.18. The topological polar surface area (TPSA) is 131 Å². The van der Waals surface area contributed by atoms with Crippen LogP contribution in [0.3, 0.4) is 0 Å². The van der Waals surface area contributed by atoms with Crippen molar-refractivity contribution in [3.63, 3.8) is 0 Å². The fraction of sp³-hybridized carbons (Fsp3) is 0.379. The summed E-state index contributed by atoms with van der Waals surface area (Å²) in [5.41, 5.74) is 0.937. The molecule has 0 radical (unpaired) electrons. The predicted molar refractivity (Wildman–Crippen MR) is 162 cm³/mol. The minimum Gasteiger partial charge on any atom is -0.493 e. The van der Waals surface area contributed by atoms with E-state index in [-0.39, 0.29) is 22.8 Å². The lowest BCUT2D eigenvalue weighted by Crippen LogP contribution is -2.39. The van der Waals surface area contributed by atoms with Gasteiger partial charge in [0.25, 0.3) is 11.8 Å². The Labute approximate surface area is 247 Å². The molecule has 2 amide bonds. The Balaban J connectivity index is 2.09. The van der Waals surface area contributed by atoms with E-state index in [4.69, 9.17) is 14.2 Å². The number of carbonyl (C=O) groups excluding carboxylic acids is 2. The monoisotopic (exact) mass is 601 g/mol. The fourth-order valence-corrected chi connectivity index (χ4v) is 5.35. The minimum atomic E-state index is -3.87. The molecule has 0 spiro atoms. The first-order chi connectivity index (χ1) is 20.0. The van der Waals surface area contributed by atoms with Crippen molar-refractivity contribution in [2.45, 2.75) is 13.8 Å². The smallest absolute Gasteiger partial charge is 0.307 e. The van der Waals surface area contributed by atoms with Gasteiger partial charge in [0.1, 0.15) is 5.70 Å². The summed E-state index contributed by atoms with van der Waals surface area (Å²) in [6, 6.07) is 9.87.